The molecule has 0 aliphatic carbocycles. The summed E-state index contributed by atoms with van der Waals surface area (Å²) in [5, 5.41) is 17.7. The number of nitrogens with zero attached hydrogens (tertiary/aromatic N) is 4. The maximum Gasteiger partial charge on any atom is 0.307 e. The van der Waals surface area contributed by atoms with Gasteiger partial charge in [0.25, 0.3) is 5.91 Å². The van der Waals surface area contributed by atoms with Crippen LogP contribution in [0.15, 0.2) is 28.9 Å². The summed E-state index contributed by atoms with van der Waals surface area (Å²) in [7, 11) is 0. The maximum absolute atomic E-state index is 12.1. The fraction of sp³-hybridized carbons (Fsp3) is 0.214. The van der Waals surface area contributed by atoms with E-state index in [1.807, 2.05) is 13.8 Å². The maximum atomic E-state index is 12.1. The second-order valence-electron chi connectivity index (χ2n) is 5.03. The molecule has 3 aromatic heterocycles. The first-order chi connectivity index (χ1) is 11.4. The Balaban J connectivity index is 1.67. The van der Waals surface area contributed by atoms with Crippen LogP contribution in [0.5, 0.6) is 0 Å². The van der Waals surface area contributed by atoms with Gasteiger partial charge in [-0.25, -0.2) is 4.98 Å². The molecular weight excluding hydrogens is 334 g/mol. The average Bonchev–Trinajstić information content (AvgIpc) is 3.22. The Kier molecular flexibility index (Phi) is 4.13. The van der Waals surface area contributed by atoms with Crippen LogP contribution in [0.3, 0.4) is 0 Å². The minimum Gasteiger partial charge on any atom is -0.454 e. The first kappa shape index (κ1) is 15.9. The number of hydrogen-bond acceptors (Lipinski definition) is 7. The second-order valence-corrected chi connectivity index (χ2v) is 6.24. The summed E-state index contributed by atoms with van der Waals surface area (Å²) >= 11 is 1.39. The van der Waals surface area contributed by atoms with Crippen LogP contribution in [0.2, 0.25) is 0 Å². The summed E-state index contributed by atoms with van der Waals surface area (Å²) < 4.78 is 6.83. The minimum absolute atomic E-state index is 0.103. The fourth-order valence-corrected chi connectivity index (χ4v) is 2.77. The van der Waals surface area contributed by atoms with Gasteiger partial charge in [0.15, 0.2) is 10.9 Å². The van der Waals surface area contributed by atoms with Crippen LogP contribution in [0.1, 0.15) is 26.9 Å². The lowest BCUT2D eigenvalue weighted by Gasteiger charge is -1.99. The van der Waals surface area contributed by atoms with Crippen LogP contribution in [0.25, 0.3) is 0 Å². The molecule has 3 heterocycles. The summed E-state index contributed by atoms with van der Waals surface area (Å²) in [6, 6.07) is 3.16. The van der Waals surface area contributed by atoms with Crippen LogP contribution in [0.4, 0.5) is 10.8 Å². The first-order valence-electron chi connectivity index (χ1n) is 6.93. The van der Waals surface area contributed by atoms with Gasteiger partial charge < -0.3 is 4.42 Å². The molecule has 124 valence electrons. The lowest BCUT2D eigenvalue weighted by atomic mass is 10.4. The third-order valence-corrected chi connectivity index (χ3v) is 4.27. The van der Waals surface area contributed by atoms with Crippen LogP contribution in [0, 0.1) is 24.0 Å². The van der Waals surface area contributed by atoms with Gasteiger partial charge in [0.2, 0.25) is 0 Å². The van der Waals surface area contributed by atoms with Crippen molar-refractivity contribution in [2.45, 2.75) is 20.4 Å². The highest BCUT2D eigenvalue weighted by Crippen LogP contribution is 2.22. The largest absolute Gasteiger partial charge is 0.454 e. The molecule has 1 amide bonds. The minimum atomic E-state index is -0.525. The number of furan rings is 1. The molecule has 9 nitrogen and oxygen atoms in total. The zero-order valence-electron chi connectivity index (χ0n) is 12.8. The molecule has 3 aromatic rings. The van der Waals surface area contributed by atoms with Gasteiger partial charge in [0.1, 0.15) is 18.2 Å². The summed E-state index contributed by atoms with van der Waals surface area (Å²) in [6.45, 7) is 3.99. The molecule has 0 spiro atoms. The third kappa shape index (κ3) is 3.33. The lowest BCUT2D eigenvalue weighted by molar-refractivity contribution is -0.385. The lowest BCUT2D eigenvalue weighted by Crippen LogP contribution is -2.10. The number of nitrogens with one attached hydrogen (secondary N) is 1. The Morgan fingerprint density at radius 1 is 1.46 bits per heavy atom. The number of carbonyl (C=O) groups excluding carboxylic acids is 1. The average molecular weight is 347 g/mol. The molecule has 1 N–H and O–H groups in total. The molecule has 0 aromatic carbocycles. The number of anilines is 1. The van der Waals surface area contributed by atoms with E-state index in [-0.39, 0.29) is 18.0 Å². The Hall–Kier alpha value is -3.01. The molecular formula is C14H13N5O4S. The Morgan fingerprint density at radius 2 is 2.25 bits per heavy atom. The zero-order chi connectivity index (χ0) is 17.3. The Bertz CT molecular complexity index is 891. The van der Waals surface area contributed by atoms with E-state index >= 15 is 0 Å². The van der Waals surface area contributed by atoms with E-state index in [2.05, 4.69) is 15.4 Å². The molecule has 0 unspecified atom stereocenters. The number of amides is 1. The molecule has 0 saturated carbocycles. The number of rotatable bonds is 5. The van der Waals surface area contributed by atoms with Crippen molar-refractivity contribution >= 4 is 28.1 Å². The van der Waals surface area contributed by atoms with Gasteiger partial charge in [-0.15, -0.1) is 11.3 Å². The second kappa shape index (κ2) is 6.24. The standard InChI is InChI=1S/C14H13N5O4S/c1-8-9(2)24-14(16-8)17-13(20)12-4-3-11(23-12)7-18-6-10(5-15-18)19(21)22/h3-6H,7H2,1-2H3,(H,16,17,20). The van der Waals surface area contributed by atoms with Crippen LogP contribution in [-0.2, 0) is 6.54 Å². The monoisotopic (exact) mass is 347 g/mol. The van der Waals surface area contributed by atoms with Gasteiger partial charge in [-0.05, 0) is 26.0 Å². The molecule has 0 bridgehead atoms. The van der Waals surface area contributed by atoms with Crippen LogP contribution < -0.4 is 5.32 Å². The van der Waals surface area contributed by atoms with E-state index in [1.165, 1.54) is 28.3 Å². The molecule has 0 saturated heterocycles. The van der Waals surface area contributed by atoms with Crippen molar-refractivity contribution in [1.29, 1.82) is 0 Å². The molecule has 0 atom stereocenters. The van der Waals surface area contributed by atoms with E-state index in [4.69, 9.17) is 4.42 Å². The van der Waals surface area contributed by atoms with Gasteiger partial charge >= 0.3 is 5.69 Å². The van der Waals surface area contributed by atoms with Gasteiger partial charge in [0, 0.05) is 4.88 Å². The molecule has 0 fully saturated rings. The highest BCUT2D eigenvalue weighted by Gasteiger charge is 2.15. The highest BCUT2D eigenvalue weighted by molar-refractivity contribution is 7.15. The SMILES string of the molecule is Cc1nc(NC(=O)c2ccc(Cn3cc([N+](=O)[O-])cn3)o2)sc1C. The van der Waals surface area contributed by atoms with E-state index in [0.717, 1.165) is 16.8 Å². The first-order valence-corrected chi connectivity index (χ1v) is 7.75. The zero-order valence-corrected chi connectivity index (χ0v) is 13.7. The van der Waals surface area contributed by atoms with Gasteiger partial charge in [-0.2, -0.15) is 5.10 Å². The van der Waals surface area contributed by atoms with Crippen LogP contribution >= 0.6 is 11.3 Å². The van der Waals surface area contributed by atoms with E-state index in [9.17, 15) is 14.9 Å². The summed E-state index contributed by atoms with van der Waals surface area (Å²) in [5.74, 6) is 0.197. The number of carbonyl (C=O) groups is 1. The van der Waals surface area contributed by atoms with Gasteiger partial charge in [-0.3, -0.25) is 24.9 Å². The smallest absolute Gasteiger partial charge is 0.307 e. The molecule has 24 heavy (non-hydrogen) atoms. The van der Waals surface area contributed by atoms with Crippen molar-refractivity contribution in [2.75, 3.05) is 5.32 Å². The Morgan fingerprint density at radius 3 is 2.88 bits per heavy atom. The number of hydrogen-bond donors (Lipinski definition) is 1. The predicted octanol–water partition coefficient (Wildman–Crippen LogP) is 2.76. The van der Waals surface area contributed by atoms with Crippen molar-refractivity contribution in [3.8, 4) is 0 Å². The fourth-order valence-electron chi connectivity index (χ4n) is 1.96. The van der Waals surface area contributed by atoms with Gasteiger partial charge in [0.05, 0.1) is 17.2 Å². The number of nitro groups is 1. The van der Waals surface area contributed by atoms with E-state index < -0.39 is 10.8 Å². The van der Waals surface area contributed by atoms with E-state index in [0.29, 0.717) is 10.9 Å². The molecule has 0 aliphatic heterocycles. The topological polar surface area (TPSA) is 116 Å². The molecule has 0 radical (unpaired) electrons. The normalized spacial score (nSPS) is 10.8. The Labute approximate surface area is 140 Å². The van der Waals surface area contributed by atoms with Crippen molar-refractivity contribution in [2.24, 2.45) is 0 Å². The van der Waals surface area contributed by atoms with Gasteiger partial charge in [-0.1, -0.05) is 0 Å². The molecule has 3 rings (SSSR count). The number of thiazole rings is 1. The summed E-state index contributed by atoms with van der Waals surface area (Å²) in [4.78, 5) is 27.5. The molecule has 10 heteroatoms. The highest BCUT2D eigenvalue weighted by atomic mass is 32.1. The number of aromatic nitrogens is 3. The van der Waals surface area contributed by atoms with Crippen molar-refractivity contribution in [1.82, 2.24) is 14.8 Å². The van der Waals surface area contributed by atoms with Crippen molar-refractivity contribution in [3.63, 3.8) is 0 Å². The van der Waals surface area contributed by atoms with E-state index in [1.54, 1.807) is 6.07 Å². The molecule has 0 aliphatic rings. The predicted molar refractivity (Wildman–Crippen MR) is 86.2 cm³/mol. The van der Waals surface area contributed by atoms with Crippen LogP contribution in [-0.4, -0.2) is 25.6 Å². The third-order valence-electron chi connectivity index (χ3n) is 3.28. The summed E-state index contributed by atoms with van der Waals surface area (Å²) in [5.41, 5.74) is 0.768. The van der Waals surface area contributed by atoms with Crippen molar-refractivity contribution < 1.29 is 14.1 Å². The quantitative estimate of drug-likeness (QED) is 0.560. The summed E-state index contributed by atoms with van der Waals surface area (Å²) in [6.07, 6.45) is 2.45. The van der Waals surface area contributed by atoms with Crippen molar-refractivity contribution in [3.05, 3.63) is 56.7 Å². The number of aryl methyl sites for hydroxylation is 2.